The molecule has 0 spiro atoms. The molecule has 0 aliphatic carbocycles. The third-order valence-electron chi connectivity index (χ3n) is 4.72. The Morgan fingerprint density at radius 2 is 2.04 bits per heavy atom. The van der Waals surface area contributed by atoms with Crippen LogP contribution in [0.1, 0.15) is 17.0 Å². The fraction of sp³-hybridized carbons (Fsp3) is 0.316. The third kappa shape index (κ3) is 3.25. The van der Waals surface area contributed by atoms with E-state index in [1.165, 1.54) is 23.3 Å². The summed E-state index contributed by atoms with van der Waals surface area (Å²) in [6, 6.07) is 10.1. The van der Waals surface area contributed by atoms with Crippen molar-refractivity contribution in [1.29, 1.82) is 0 Å². The molecule has 0 N–H and O–H groups in total. The van der Waals surface area contributed by atoms with Crippen LogP contribution in [-0.2, 0) is 26.6 Å². The lowest BCUT2D eigenvalue weighted by Gasteiger charge is -2.23. The van der Waals surface area contributed by atoms with Crippen LogP contribution >= 0.6 is 0 Å². The van der Waals surface area contributed by atoms with E-state index in [9.17, 15) is 0 Å². The molecule has 1 aliphatic rings. The Bertz CT molecular complexity index is 877. The Kier molecular flexibility index (Phi) is 4.19. The number of likely N-dealkylation sites (N-methyl/N-ethyl adjacent to an activating group) is 1. The van der Waals surface area contributed by atoms with Crippen molar-refractivity contribution >= 4 is 5.69 Å². The number of azo groups is 1. The van der Waals surface area contributed by atoms with Crippen LogP contribution in [0.2, 0.25) is 0 Å². The highest BCUT2D eigenvalue weighted by atomic mass is 16.3. The zero-order valence-electron chi connectivity index (χ0n) is 14.5. The smallest absolute Gasteiger partial charge is 0.181 e. The average molecular weight is 335 g/mol. The second kappa shape index (κ2) is 6.64. The summed E-state index contributed by atoms with van der Waals surface area (Å²) in [6.07, 6.45) is 4.23. The highest BCUT2D eigenvalue weighted by Gasteiger charge is 2.18. The van der Waals surface area contributed by atoms with E-state index in [1.807, 2.05) is 24.3 Å². The lowest BCUT2D eigenvalue weighted by molar-refractivity contribution is 0.309. The summed E-state index contributed by atoms with van der Waals surface area (Å²) in [4.78, 5) is 6.28. The van der Waals surface area contributed by atoms with Gasteiger partial charge in [0.2, 0.25) is 0 Å². The van der Waals surface area contributed by atoms with Gasteiger partial charge in [0, 0.05) is 43.5 Å². The molecule has 0 unspecified atom stereocenters. The molecule has 0 atom stereocenters. The zero-order valence-corrected chi connectivity index (χ0v) is 14.5. The fourth-order valence-electron chi connectivity index (χ4n) is 3.29. The molecule has 128 valence electrons. The minimum Gasteiger partial charge on any atom is -0.444 e. The van der Waals surface area contributed by atoms with Gasteiger partial charge in [0.1, 0.15) is 6.54 Å². The van der Waals surface area contributed by atoms with Crippen molar-refractivity contribution in [3.05, 3.63) is 59.9 Å². The fourth-order valence-corrected chi connectivity index (χ4v) is 3.29. The largest absolute Gasteiger partial charge is 0.444 e. The second-order valence-electron chi connectivity index (χ2n) is 6.47. The highest BCUT2D eigenvalue weighted by Crippen LogP contribution is 2.24. The predicted molar refractivity (Wildman–Crippen MR) is 95.6 cm³/mol. The number of hydrogen-bond acceptors (Lipinski definition) is 5. The monoisotopic (exact) mass is 335 g/mol. The van der Waals surface area contributed by atoms with Gasteiger partial charge in [-0.1, -0.05) is 0 Å². The molecule has 0 saturated heterocycles. The van der Waals surface area contributed by atoms with Gasteiger partial charge in [-0.3, -0.25) is 0 Å². The van der Waals surface area contributed by atoms with E-state index in [4.69, 9.17) is 4.42 Å². The number of oxazole rings is 1. The molecular weight excluding hydrogens is 314 g/mol. The van der Waals surface area contributed by atoms with Crippen molar-refractivity contribution in [2.75, 3.05) is 13.6 Å². The normalized spacial score (nSPS) is 15.0. The first-order chi connectivity index (χ1) is 12.2. The van der Waals surface area contributed by atoms with Crippen molar-refractivity contribution in [3.63, 3.8) is 0 Å². The quantitative estimate of drug-likeness (QED) is 0.678. The summed E-state index contributed by atoms with van der Waals surface area (Å²) in [5.41, 5.74) is 5.87. The van der Waals surface area contributed by atoms with Crippen LogP contribution in [0, 0.1) is 0 Å². The second-order valence-corrected chi connectivity index (χ2v) is 6.47. The molecule has 6 nitrogen and oxygen atoms in total. The van der Waals surface area contributed by atoms with E-state index in [0.29, 0.717) is 6.54 Å². The molecule has 0 radical (unpaired) electrons. The standard InChI is InChI=1S/C19H21N5O/c1-23-8-7-18-15(12-23)9-17(24(18)2)10-21-22-16-5-3-14(4-6-16)19-11-20-13-25-19/h3-6,9,11,13H,7-8,10,12H2,1-2H3. The Morgan fingerprint density at radius 1 is 1.20 bits per heavy atom. The number of hydrogen-bond donors (Lipinski definition) is 0. The highest BCUT2D eigenvalue weighted by molar-refractivity contribution is 5.59. The number of nitrogens with zero attached hydrogens (tertiary/aromatic N) is 5. The molecule has 3 heterocycles. The van der Waals surface area contributed by atoms with Crippen LogP contribution in [0.15, 0.2) is 57.6 Å². The van der Waals surface area contributed by atoms with Crippen LogP contribution in [0.25, 0.3) is 11.3 Å². The van der Waals surface area contributed by atoms with E-state index in [2.05, 4.69) is 44.8 Å². The Balaban J connectivity index is 1.45. The van der Waals surface area contributed by atoms with Gasteiger partial charge in [-0.15, -0.1) is 0 Å². The van der Waals surface area contributed by atoms with E-state index in [0.717, 1.165) is 36.5 Å². The molecule has 0 saturated carbocycles. The van der Waals surface area contributed by atoms with Gasteiger partial charge >= 0.3 is 0 Å². The van der Waals surface area contributed by atoms with Gasteiger partial charge in [0.05, 0.1) is 11.9 Å². The zero-order chi connectivity index (χ0) is 17.2. The van der Waals surface area contributed by atoms with Crippen molar-refractivity contribution in [2.45, 2.75) is 19.5 Å². The van der Waals surface area contributed by atoms with E-state index < -0.39 is 0 Å². The molecule has 6 heteroatoms. The Labute approximate surface area is 146 Å². The number of rotatable bonds is 4. The number of fused-ring (bicyclic) bond motifs is 1. The van der Waals surface area contributed by atoms with Crippen LogP contribution in [0.4, 0.5) is 5.69 Å². The summed E-state index contributed by atoms with van der Waals surface area (Å²) < 4.78 is 7.56. The van der Waals surface area contributed by atoms with Crippen LogP contribution in [0.3, 0.4) is 0 Å². The lowest BCUT2D eigenvalue weighted by Crippen LogP contribution is -2.26. The van der Waals surface area contributed by atoms with Crippen molar-refractivity contribution in [3.8, 4) is 11.3 Å². The molecule has 0 bridgehead atoms. The van der Waals surface area contributed by atoms with Crippen LogP contribution < -0.4 is 0 Å². The predicted octanol–water partition coefficient (Wildman–Crippen LogP) is 3.95. The van der Waals surface area contributed by atoms with Gasteiger partial charge in [-0.05, 0) is 42.9 Å². The average Bonchev–Trinajstić information content (AvgIpc) is 3.25. The number of aromatic nitrogens is 2. The van der Waals surface area contributed by atoms with E-state index in [-0.39, 0.29) is 0 Å². The van der Waals surface area contributed by atoms with Gasteiger partial charge < -0.3 is 13.9 Å². The maximum absolute atomic E-state index is 5.29. The molecular formula is C19H21N5O. The maximum atomic E-state index is 5.29. The summed E-state index contributed by atoms with van der Waals surface area (Å²) in [6.45, 7) is 2.73. The maximum Gasteiger partial charge on any atom is 0.181 e. The SMILES string of the molecule is CN1CCc2c(cc(CN=Nc3ccc(-c4cnco4)cc3)n2C)C1. The summed E-state index contributed by atoms with van der Waals surface area (Å²) in [5.74, 6) is 0.753. The van der Waals surface area contributed by atoms with Crippen molar-refractivity contribution in [2.24, 2.45) is 17.3 Å². The van der Waals surface area contributed by atoms with Crippen LogP contribution in [0.5, 0.6) is 0 Å². The summed E-state index contributed by atoms with van der Waals surface area (Å²) >= 11 is 0. The molecule has 0 amide bonds. The Morgan fingerprint density at radius 3 is 2.80 bits per heavy atom. The molecule has 3 aromatic rings. The minimum absolute atomic E-state index is 0.594. The van der Waals surface area contributed by atoms with Gasteiger partial charge in [0.25, 0.3) is 0 Å². The molecule has 2 aromatic heterocycles. The lowest BCUT2D eigenvalue weighted by atomic mass is 10.1. The first kappa shape index (κ1) is 15.8. The van der Waals surface area contributed by atoms with Gasteiger partial charge in [0.15, 0.2) is 12.2 Å². The molecule has 4 rings (SSSR count). The van der Waals surface area contributed by atoms with E-state index in [1.54, 1.807) is 6.20 Å². The molecule has 25 heavy (non-hydrogen) atoms. The third-order valence-corrected chi connectivity index (χ3v) is 4.72. The van der Waals surface area contributed by atoms with Crippen molar-refractivity contribution < 1.29 is 4.42 Å². The van der Waals surface area contributed by atoms with Crippen LogP contribution in [-0.4, -0.2) is 28.0 Å². The van der Waals surface area contributed by atoms with E-state index >= 15 is 0 Å². The van der Waals surface area contributed by atoms with Gasteiger partial charge in [-0.25, -0.2) is 4.98 Å². The first-order valence-corrected chi connectivity index (χ1v) is 8.42. The minimum atomic E-state index is 0.594. The summed E-state index contributed by atoms with van der Waals surface area (Å²) in [7, 11) is 4.29. The molecule has 1 aliphatic heterocycles. The molecule has 1 aromatic carbocycles. The van der Waals surface area contributed by atoms with Crippen molar-refractivity contribution in [1.82, 2.24) is 14.5 Å². The summed E-state index contributed by atoms with van der Waals surface area (Å²) in [5, 5.41) is 8.72. The topological polar surface area (TPSA) is 58.9 Å². The number of benzene rings is 1. The van der Waals surface area contributed by atoms with Gasteiger partial charge in [-0.2, -0.15) is 10.2 Å². The molecule has 0 fully saturated rings. The first-order valence-electron chi connectivity index (χ1n) is 8.42. The Hall–Kier alpha value is -2.73.